The van der Waals surface area contributed by atoms with E-state index in [-0.39, 0.29) is 6.54 Å². The number of halogens is 1. The number of ether oxygens (including phenoxy) is 1. The van der Waals surface area contributed by atoms with E-state index in [0.717, 1.165) is 12.1 Å². The molecular formula is C16H13FN6O3S. The molecule has 11 heteroatoms. The maximum absolute atomic E-state index is 14.1. The van der Waals surface area contributed by atoms with Gasteiger partial charge in [-0.3, -0.25) is 4.68 Å². The molecule has 0 unspecified atom stereocenters. The van der Waals surface area contributed by atoms with Crippen molar-refractivity contribution < 1.29 is 17.5 Å². The molecule has 9 nitrogen and oxygen atoms in total. The highest BCUT2D eigenvalue weighted by Crippen LogP contribution is 2.24. The van der Waals surface area contributed by atoms with Gasteiger partial charge in [-0.1, -0.05) is 6.07 Å². The largest absolute Gasteiger partial charge is 0.481 e. The third-order valence-electron chi connectivity index (χ3n) is 4.02. The van der Waals surface area contributed by atoms with Crippen molar-refractivity contribution in [1.82, 2.24) is 25.0 Å². The van der Waals surface area contributed by atoms with E-state index in [9.17, 15) is 12.8 Å². The third kappa shape index (κ3) is 3.06. The van der Waals surface area contributed by atoms with Gasteiger partial charge in [0.05, 0.1) is 19.9 Å². The summed E-state index contributed by atoms with van der Waals surface area (Å²) in [6.45, 7) is 0.193. The van der Waals surface area contributed by atoms with Crippen LogP contribution in [-0.4, -0.2) is 40.5 Å². The summed E-state index contributed by atoms with van der Waals surface area (Å²) < 4.78 is 43.5. The Bertz CT molecular complexity index is 1290. The number of fused-ring (bicyclic) bond motifs is 3. The zero-order valence-electron chi connectivity index (χ0n) is 14.0. The van der Waals surface area contributed by atoms with Gasteiger partial charge in [0.15, 0.2) is 5.65 Å². The summed E-state index contributed by atoms with van der Waals surface area (Å²) in [6, 6.07) is 7.22. The predicted octanol–water partition coefficient (Wildman–Crippen LogP) is 1.22. The van der Waals surface area contributed by atoms with E-state index in [2.05, 4.69) is 20.3 Å². The van der Waals surface area contributed by atoms with Gasteiger partial charge in [0.2, 0.25) is 15.9 Å². The topological polar surface area (TPSA) is 126 Å². The number of aromatic nitrogens is 5. The number of nitrogens with zero attached hydrogens (tertiary/aromatic N) is 5. The summed E-state index contributed by atoms with van der Waals surface area (Å²) in [5, 5.41) is 18.1. The van der Waals surface area contributed by atoms with E-state index in [4.69, 9.17) is 9.88 Å². The molecule has 0 saturated heterocycles. The van der Waals surface area contributed by atoms with E-state index in [1.165, 1.54) is 13.2 Å². The van der Waals surface area contributed by atoms with Crippen molar-refractivity contribution in [3.05, 3.63) is 47.9 Å². The molecule has 0 amide bonds. The van der Waals surface area contributed by atoms with Crippen LogP contribution >= 0.6 is 0 Å². The Morgan fingerprint density at radius 2 is 2.04 bits per heavy atom. The fourth-order valence-electron chi connectivity index (χ4n) is 2.80. The molecule has 2 N–H and O–H groups in total. The van der Waals surface area contributed by atoms with Crippen molar-refractivity contribution >= 4 is 32.1 Å². The smallest absolute Gasteiger partial charge is 0.240 e. The molecule has 0 spiro atoms. The molecule has 0 aliphatic rings. The second-order valence-electron chi connectivity index (χ2n) is 5.77. The van der Waals surface area contributed by atoms with Gasteiger partial charge in [0.25, 0.3) is 0 Å². The Kier molecular flexibility index (Phi) is 3.97. The summed E-state index contributed by atoms with van der Waals surface area (Å²) >= 11 is 0. The van der Waals surface area contributed by atoms with Crippen molar-refractivity contribution in [3.63, 3.8) is 0 Å². The molecule has 0 aliphatic carbocycles. The summed E-state index contributed by atoms with van der Waals surface area (Å²) in [4.78, 5) is 3.70. The molecule has 0 atom stereocenters. The lowest BCUT2D eigenvalue weighted by Crippen LogP contribution is -2.14. The number of nitrogens with two attached hydrogens (primary N) is 1. The fourth-order valence-corrected chi connectivity index (χ4v) is 3.39. The summed E-state index contributed by atoms with van der Waals surface area (Å²) in [5.41, 5.74) is 2.12. The van der Waals surface area contributed by atoms with Crippen molar-refractivity contribution in [2.24, 2.45) is 5.14 Å². The van der Waals surface area contributed by atoms with Crippen molar-refractivity contribution in [2.45, 2.75) is 11.4 Å². The molecule has 3 aromatic heterocycles. The van der Waals surface area contributed by atoms with Gasteiger partial charge >= 0.3 is 0 Å². The molecule has 0 fully saturated rings. The average molecular weight is 388 g/mol. The highest BCUT2D eigenvalue weighted by Gasteiger charge is 2.16. The van der Waals surface area contributed by atoms with Crippen LogP contribution in [0.15, 0.2) is 41.4 Å². The van der Waals surface area contributed by atoms with Crippen LogP contribution in [-0.2, 0) is 16.6 Å². The SMILES string of the molecule is COc1ccc2c(nnc3cnn(Cc4ccc(S(N)(=O)=O)c(F)c4)c32)n1. The first-order valence-corrected chi connectivity index (χ1v) is 9.25. The van der Waals surface area contributed by atoms with Gasteiger partial charge in [-0.05, 0) is 23.8 Å². The lowest BCUT2D eigenvalue weighted by molar-refractivity contribution is 0.399. The van der Waals surface area contributed by atoms with E-state index in [1.807, 2.05) is 0 Å². The Morgan fingerprint density at radius 3 is 2.74 bits per heavy atom. The fraction of sp³-hybridized carbons (Fsp3) is 0.125. The minimum atomic E-state index is -4.12. The highest BCUT2D eigenvalue weighted by molar-refractivity contribution is 7.89. The summed E-state index contributed by atoms with van der Waals surface area (Å²) in [5.74, 6) is -0.509. The zero-order chi connectivity index (χ0) is 19.2. The number of hydrogen-bond acceptors (Lipinski definition) is 7. The maximum atomic E-state index is 14.1. The quantitative estimate of drug-likeness (QED) is 0.557. The summed E-state index contributed by atoms with van der Waals surface area (Å²) in [6.07, 6.45) is 1.54. The molecule has 0 saturated carbocycles. The minimum Gasteiger partial charge on any atom is -0.481 e. The lowest BCUT2D eigenvalue weighted by Gasteiger charge is -2.08. The molecule has 27 heavy (non-hydrogen) atoms. The molecule has 0 radical (unpaired) electrons. The van der Waals surface area contributed by atoms with Crippen LogP contribution in [0.4, 0.5) is 4.39 Å². The number of benzene rings is 1. The standard InChI is InChI=1S/C16H13FN6O3S/c1-26-14-5-3-10-15-12(21-22-16(10)20-14)7-19-23(15)8-9-2-4-13(11(17)6-9)27(18,24)25/h2-7H,8H2,1H3,(H2,18,24,25). The predicted molar refractivity (Wildman–Crippen MR) is 94.1 cm³/mol. The Morgan fingerprint density at radius 1 is 1.22 bits per heavy atom. The van der Waals surface area contributed by atoms with Gasteiger partial charge < -0.3 is 4.74 Å². The number of hydrogen-bond donors (Lipinski definition) is 1. The highest BCUT2D eigenvalue weighted by atomic mass is 32.2. The molecule has 138 valence electrons. The third-order valence-corrected chi connectivity index (χ3v) is 4.97. The summed E-state index contributed by atoms with van der Waals surface area (Å²) in [7, 11) is -2.61. The minimum absolute atomic E-state index is 0.193. The van der Waals surface area contributed by atoms with Gasteiger partial charge in [-0.15, -0.1) is 10.2 Å². The van der Waals surface area contributed by atoms with Crippen LogP contribution in [0.1, 0.15) is 5.56 Å². The average Bonchev–Trinajstić information content (AvgIpc) is 3.03. The molecule has 3 heterocycles. The van der Waals surface area contributed by atoms with Gasteiger partial charge in [-0.25, -0.2) is 17.9 Å². The zero-order valence-corrected chi connectivity index (χ0v) is 14.8. The second-order valence-corrected chi connectivity index (χ2v) is 7.30. The molecule has 0 aliphatic heterocycles. The van der Waals surface area contributed by atoms with Crippen LogP contribution in [0.2, 0.25) is 0 Å². The number of pyridine rings is 1. The van der Waals surface area contributed by atoms with Crippen LogP contribution in [0.5, 0.6) is 5.88 Å². The number of rotatable bonds is 4. The first kappa shape index (κ1) is 17.2. The van der Waals surface area contributed by atoms with Crippen LogP contribution in [0.3, 0.4) is 0 Å². The molecule has 1 aromatic carbocycles. The monoisotopic (exact) mass is 388 g/mol. The lowest BCUT2D eigenvalue weighted by atomic mass is 10.2. The molecule has 0 bridgehead atoms. The van der Waals surface area contributed by atoms with Crippen LogP contribution < -0.4 is 9.88 Å². The van der Waals surface area contributed by atoms with Gasteiger partial charge in [0.1, 0.15) is 21.7 Å². The first-order chi connectivity index (χ1) is 12.9. The van der Waals surface area contributed by atoms with Crippen LogP contribution in [0.25, 0.3) is 22.1 Å². The van der Waals surface area contributed by atoms with E-state index >= 15 is 0 Å². The Balaban J connectivity index is 1.81. The molecular weight excluding hydrogens is 375 g/mol. The van der Waals surface area contributed by atoms with Gasteiger partial charge in [-0.2, -0.15) is 10.1 Å². The molecule has 4 aromatic rings. The van der Waals surface area contributed by atoms with Crippen molar-refractivity contribution in [1.29, 1.82) is 0 Å². The maximum Gasteiger partial charge on any atom is 0.240 e. The number of sulfonamides is 1. The first-order valence-electron chi connectivity index (χ1n) is 7.71. The number of methoxy groups -OCH3 is 1. The van der Waals surface area contributed by atoms with Crippen LogP contribution in [0, 0.1) is 5.82 Å². The van der Waals surface area contributed by atoms with Crippen molar-refractivity contribution in [2.75, 3.05) is 7.11 Å². The van der Waals surface area contributed by atoms with Gasteiger partial charge in [0, 0.05) is 11.5 Å². The van der Waals surface area contributed by atoms with Crippen molar-refractivity contribution in [3.8, 4) is 5.88 Å². The van der Waals surface area contributed by atoms with E-state index < -0.39 is 20.7 Å². The van der Waals surface area contributed by atoms with E-state index in [1.54, 1.807) is 23.0 Å². The Labute approximate surface area is 152 Å². The number of primary sulfonamides is 1. The molecule has 4 rings (SSSR count). The normalized spacial score (nSPS) is 12.0. The second kappa shape index (κ2) is 6.21. The van der Waals surface area contributed by atoms with E-state index in [0.29, 0.717) is 33.5 Å². The Hall–Kier alpha value is -3.18.